The summed E-state index contributed by atoms with van der Waals surface area (Å²) in [4.78, 5) is -0.0666. The van der Waals surface area contributed by atoms with E-state index in [1.807, 2.05) is 42.9 Å². The molecule has 0 saturated heterocycles. The molecule has 0 radical (unpaired) electrons. The quantitative estimate of drug-likeness (QED) is 0.466. The molecule has 108 valence electrons. The molecule has 0 aliphatic carbocycles. The molecule has 2 rings (SSSR count). The van der Waals surface area contributed by atoms with Gasteiger partial charge >= 0.3 is 0 Å². The molecular weight excluding hydrogens is 278 g/mol. The van der Waals surface area contributed by atoms with Gasteiger partial charge in [0.25, 0.3) is 10.1 Å². The highest BCUT2D eigenvalue weighted by atomic mass is 32.2. The molecule has 0 unspecified atom stereocenters. The molecule has 3 N–H and O–H groups in total. The molecule has 0 spiro atoms. The maximum atomic E-state index is 10.5. The number of aryl methyl sites for hydroxylation is 2. The molecule has 0 saturated carbocycles. The van der Waals surface area contributed by atoms with Crippen LogP contribution in [0.15, 0.2) is 58.7 Å². The highest BCUT2D eigenvalue weighted by molar-refractivity contribution is 7.85. The second-order valence-corrected chi connectivity index (χ2v) is 5.51. The van der Waals surface area contributed by atoms with Crippen LogP contribution in [0.2, 0.25) is 0 Å². The predicted octanol–water partition coefficient (Wildman–Crippen LogP) is 1.04. The molecule has 0 amide bonds. The lowest BCUT2D eigenvalue weighted by atomic mass is 10.2. The van der Waals surface area contributed by atoms with Crippen molar-refractivity contribution in [1.82, 2.24) is 4.57 Å². The van der Waals surface area contributed by atoms with Crippen LogP contribution in [0.5, 0.6) is 0 Å². The number of rotatable bonds is 1. The Balaban J connectivity index is 0.000000204. The minimum absolute atomic E-state index is 0.0666. The van der Waals surface area contributed by atoms with Crippen molar-refractivity contribution >= 4 is 10.1 Å². The van der Waals surface area contributed by atoms with Crippen LogP contribution in [0, 0.1) is 6.92 Å². The first-order valence-electron chi connectivity index (χ1n) is 5.74. The smallest absolute Gasteiger partial charge is 0.294 e. The van der Waals surface area contributed by atoms with Gasteiger partial charge in [0.1, 0.15) is 0 Å². The number of hydrogen-bond donors (Lipinski definition) is 2. The van der Waals surface area contributed by atoms with E-state index in [1.54, 1.807) is 12.1 Å². The first kappa shape index (κ1) is 15.9. The van der Waals surface area contributed by atoms with E-state index in [0.29, 0.717) is 0 Å². The molecule has 0 aliphatic heterocycles. The van der Waals surface area contributed by atoms with Crippen LogP contribution in [0.3, 0.4) is 0 Å². The van der Waals surface area contributed by atoms with Gasteiger partial charge in [-0.05, 0) is 31.2 Å². The number of nitrogens with zero attached hydrogens (tertiary/aromatic N) is 2. The summed E-state index contributed by atoms with van der Waals surface area (Å²) in [6.07, 6.45) is 1.89. The van der Waals surface area contributed by atoms with E-state index in [2.05, 4.69) is 5.10 Å². The number of aromatic nitrogens is 1. The van der Waals surface area contributed by atoms with Gasteiger partial charge < -0.3 is 10.4 Å². The van der Waals surface area contributed by atoms with E-state index in [1.165, 1.54) is 12.1 Å². The lowest BCUT2D eigenvalue weighted by Crippen LogP contribution is -2.17. The zero-order valence-electron chi connectivity index (χ0n) is 11.3. The van der Waals surface area contributed by atoms with Crippen LogP contribution in [0.4, 0.5) is 0 Å². The minimum Gasteiger partial charge on any atom is -0.335 e. The van der Waals surface area contributed by atoms with E-state index in [-0.39, 0.29) is 4.90 Å². The molecule has 1 aromatic heterocycles. The van der Waals surface area contributed by atoms with Crippen molar-refractivity contribution in [2.45, 2.75) is 11.8 Å². The van der Waals surface area contributed by atoms with Crippen molar-refractivity contribution in [3.63, 3.8) is 0 Å². The summed E-state index contributed by atoms with van der Waals surface area (Å²) in [6.45, 7) is 1.84. The fraction of sp³-hybridized carbons (Fsp3) is 0.154. The van der Waals surface area contributed by atoms with Gasteiger partial charge in [0.05, 0.1) is 4.90 Å². The van der Waals surface area contributed by atoms with Gasteiger partial charge in [-0.2, -0.15) is 13.5 Å². The Hall–Kier alpha value is -2.12. The molecule has 1 aromatic carbocycles. The summed E-state index contributed by atoms with van der Waals surface area (Å²) in [5, 5.41) is 3.53. The number of benzene rings is 1. The van der Waals surface area contributed by atoms with E-state index >= 15 is 0 Å². The van der Waals surface area contributed by atoms with Gasteiger partial charge in [0, 0.05) is 13.2 Å². The second-order valence-electron chi connectivity index (χ2n) is 4.09. The first-order chi connectivity index (χ1) is 9.34. The molecule has 20 heavy (non-hydrogen) atoms. The van der Waals surface area contributed by atoms with Gasteiger partial charge in [-0.3, -0.25) is 4.55 Å². The molecule has 1 heterocycles. The zero-order chi connectivity index (χ0) is 15.2. The average molecular weight is 295 g/mol. The van der Waals surface area contributed by atoms with Crippen molar-refractivity contribution in [2.75, 3.05) is 0 Å². The molecular formula is C13H17N3O3S. The van der Waals surface area contributed by atoms with Crippen LogP contribution in [0.1, 0.15) is 5.56 Å². The van der Waals surface area contributed by atoms with Crippen LogP contribution in [-0.2, 0) is 17.2 Å². The highest BCUT2D eigenvalue weighted by Gasteiger charge is 2.06. The standard InChI is InChI=1S/C7H8O3S.C6H9N3/c1-6-2-4-7(5-3-6)11(8,9)10;1-9-5-3-2-4-6(9)8-7/h2-5H,1H3,(H,8,9,10);2-5H,7H2,1H3/b;8-6+. The Labute approximate surface area is 117 Å². The average Bonchev–Trinajstić information content (AvgIpc) is 2.39. The molecule has 6 nitrogen and oxygen atoms in total. The SMILES string of the molecule is Cc1ccc(S(=O)(=O)O)cc1.Cn1cccc/c1=N\N. The summed E-state index contributed by atoms with van der Waals surface area (Å²) in [7, 11) is -2.13. The Bertz CT molecular complexity index is 719. The first-order valence-corrected chi connectivity index (χ1v) is 7.18. The zero-order valence-corrected chi connectivity index (χ0v) is 12.1. The van der Waals surface area contributed by atoms with Gasteiger partial charge in [-0.25, -0.2) is 0 Å². The fourth-order valence-electron chi connectivity index (χ4n) is 1.36. The monoisotopic (exact) mass is 295 g/mol. The van der Waals surface area contributed by atoms with Gasteiger partial charge in [0.15, 0.2) is 5.49 Å². The molecule has 0 bridgehead atoms. The summed E-state index contributed by atoms with van der Waals surface area (Å²) in [5.41, 5.74) is 1.73. The summed E-state index contributed by atoms with van der Waals surface area (Å²) in [5.74, 6) is 5.05. The topological polar surface area (TPSA) is 97.7 Å². The Morgan fingerprint density at radius 1 is 1.15 bits per heavy atom. The third-order valence-electron chi connectivity index (χ3n) is 2.48. The lowest BCUT2D eigenvalue weighted by Gasteiger charge is -1.95. The summed E-state index contributed by atoms with van der Waals surface area (Å²) >= 11 is 0. The van der Waals surface area contributed by atoms with Gasteiger partial charge in [-0.1, -0.05) is 23.8 Å². The molecule has 2 aromatic rings. The van der Waals surface area contributed by atoms with Crippen LogP contribution in [0.25, 0.3) is 0 Å². The lowest BCUT2D eigenvalue weighted by molar-refractivity contribution is 0.483. The van der Waals surface area contributed by atoms with Crippen molar-refractivity contribution < 1.29 is 13.0 Å². The number of hydrogen-bond acceptors (Lipinski definition) is 4. The third-order valence-corrected chi connectivity index (χ3v) is 3.35. The van der Waals surface area contributed by atoms with Crippen molar-refractivity contribution in [2.24, 2.45) is 18.0 Å². The summed E-state index contributed by atoms with van der Waals surface area (Å²) < 4.78 is 31.4. The Kier molecular flexibility index (Phi) is 5.48. The molecule has 0 aliphatic rings. The summed E-state index contributed by atoms with van der Waals surface area (Å²) in [6, 6.07) is 11.7. The third kappa shape index (κ3) is 4.87. The highest BCUT2D eigenvalue weighted by Crippen LogP contribution is 2.08. The predicted molar refractivity (Wildman–Crippen MR) is 76.2 cm³/mol. The Morgan fingerprint density at radius 2 is 1.75 bits per heavy atom. The van der Waals surface area contributed by atoms with Crippen molar-refractivity contribution in [1.29, 1.82) is 0 Å². The van der Waals surface area contributed by atoms with Gasteiger partial charge in [0.2, 0.25) is 0 Å². The molecule has 7 heteroatoms. The minimum atomic E-state index is -4.02. The van der Waals surface area contributed by atoms with Crippen molar-refractivity contribution in [3.05, 3.63) is 59.7 Å². The maximum Gasteiger partial charge on any atom is 0.294 e. The Morgan fingerprint density at radius 3 is 2.15 bits per heavy atom. The normalized spacial score (nSPS) is 11.7. The number of nitrogens with two attached hydrogens (primary N) is 1. The number of pyridine rings is 1. The van der Waals surface area contributed by atoms with E-state index in [4.69, 9.17) is 10.4 Å². The van der Waals surface area contributed by atoms with E-state index in [9.17, 15) is 8.42 Å². The van der Waals surface area contributed by atoms with Crippen LogP contribution < -0.4 is 11.3 Å². The molecule has 0 atom stereocenters. The van der Waals surface area contributed by atoms with Crippen molar-refractivity contribution in [3.8, 4) is 0 Å². The van der Waals surface area contributed by atoms with Crippen LogP contribution in [-0.4, -0.2) is 17.5 Å². The molecule has 0 fully saturated rings. The fourth-order valence-corrected chi connectivity index (χ4v) is 1.84. The van der Waals surface area contributed by atoms with E-state index in [0.717, 1.165) is 11.1 Å². The largest absolute Gasteiger partial charge is 0.335 e. The van der Waals surface area contributed by atoms with Crippen LogP contribution >= 0.6 is 0 Å². The maximum absolute atomic E-state index is 10.5. The van der Waals surface area contributed by atoms with Gasteiger partial charge in [-0.15, -0.1) is 0 Å². The second kappa shape index (κ2) is 6.88. The van der Waals surface area contributed by atoms with E-state index < -0.39 is 10.1 Å².